The number of amides is 2. The number of alkyl carbamates (subject to hydrolysis) is 1. The minimum atomic E-state index is -0.512. The van der Waals surface area contributed by atoms with Crippen LogP contribution < -0.4 is 10.2 Å². The summed E-state index contributed by atoms with van der Waals surface area (Å²) in [5.74, 6) is 0. The SMILES string of the molecule is CCNC(=O)OCC1CN(c2ccc(Cc3ccncc3)cc2)C(=O)O1. The number of rotatable bonds is 6. The van der Waals surface area contributed by atoms with Crippen LogP contribution >= 0.6 is 0 Å². The van der Waals surface area contributed by atoms with E-state index in [1.165, 1.54) is 5.56 Å². The summed E-state index contributed by atoms with van der Waals surface area (Å²) in [7, 11) is 0. The van der Waals surface area contributed by atoms with Crippen LogP contribution in [0.1, 0.15) is 18.1 Å². The zero-order valence-corrected chi connectivity index (χ0v) is 14.6. The van der Waals surface area contributed by atoms with Crippen molar-refractivity contribution in [1.29, 1.82) is 0 Å². The van der Waals surface area contributed by atoms with Crippen molar-refractivity contribution >= 4 is 17.9 Å². The standard InChI is InChI=1S/C19H21N3O4/c1-2-21-18(23)25-13-17-12-22(19(24)26-17)16-5-3-14(4-6-16)11-15-7-9-20-10-8-15/h3-10,17H,2,11-13H2,1H3,(H,21,23). The maximum Gasteiger partial charge on any atom is 0.414 e. The van der Waals surface area contributed by atoms with Crippen molar-refractivity contribution in [3.05, 3.63) is 59.9 Å². The van der Waals surface area contributed by atoms with E-state index in [1.807, 2.05) is 36.4 Å². The number of aromatic nitrogens is 1. The maximum atomic E-state index is 12.1. The molecule has 3 rings (SSSR count). The molecule has 0 bridgehead atoms. The van der Waals surface area contributed by atoms with Crippen LogP contribution in [0, 0.1) is 0 Å². The largest absolute Gasteiger partial charge is 0.446 e. The number of benzene rings is 1. The van der Waals surface area contributed by atoms with Crippen molar-refractivity contribution in [2.24, 2.45) is 0 Å². The van der Waals surface area contributed by atoms with Crippen LogP contribution in [0.15, 0.2) is 48.8 Å². The van der Waals surface area contributed by atoms with Gasteiger partial charge in [0.2, 0.25) is 0 Å². The molecule has 7 nitrogen and oxygen atoms in total. The molecule has 0 saturated carbocycles. The predicted molar refractivity (Wildman–Crippen MR) is 96.1 cm³/mol. The summed E-state index contributed by atoms with van der Waals surface area (Å²) in [5.41, 5.74) is 3.08. The van der Waals surface area contributed by atoms with Gasteiger partial charge in [-0.15, -0.1) is 0 Å². The molecule has 1 aliphatic heterocycles. The van der Waals surface area contributed by atoms with E-state index in [4.69, 9.17) is 9.47 Å². The molecule has 1 saturated heterocycles. The van der Waals surface area contributed by atoms with Crippen molar-refractivity contribution in [1.82, 2.24) is 10.3 Å². The Hall–Kier alpha value is -3.09. The molecule has 1 aromatic carbocycles. The van der Waals surface area contributed by atoms with Crippen LogP contribution in [0.3, 0.4) is 0 Å². The molecule has 26 heavy (non-hydrogen) atoms. The van der Waals surface area contributed by atoms with E-state index in [9.17, 15) is 9.59 Å². The quantitative estimate of drug-likeness (QED) is 0.862. The molecule has 2 amide bonds. The predicted octanol–water partition coefficient (Wildman–Crippen LogP) is 2.74. The Morgan fingerprint density at radius 3 is 2.62 bits per heavy atom. The Labute approximate surface area is 151 Å². The third-order valence-electron chi connectivity index (χ3n) is 4.00. The fourth-order valence-electron chi connectivity index (χ4n) is 2.71. The van der Waals surface area contributed by atoms with E-state index in [1.54, 1.807) is 24.2 Å². The van der Waals surface area contributed by atoms with Gasteiger partial charge in [-0.25, -0.2) is 9.59 Å². The number of pyridine rings is 1. The van der Waals surface area contributed by atoms with Gasteiger partial charge in [-0.3, -0.25) is 9.88 Å². The van der Waals surface area contributed by atoms with Crippen LogP contribution in [0.5, 0.6) is 0 Å². The van der Waals surface area contributed by atoms with Crippen molar-refractivity contribution in [2.45, 2.75) is 19.4 Å². The maximum absolute atomic E-state index is 12.1. The average Bonchev–Trinajstić information content (AvgIpc) is 3.03. The summed E-state index contributed by atoms with van der Waals surface area (Å²) in [6.45, 7) is 2.67. The number of nitrogens with one attached hydrogen (secondary N) is 1. The molecule has 2 aromatic rings. The summed E-state index contributed by atoms with van der Waals surface area (Å²) < 4.78 is 10.3. The minimum Gasteiger partial charge on any atom is -0.446 e. The van der Waals surface area contributed by atoms with Crippen molar-refractivity contribution in [3.8, 4) is 0 Å². The minimum absolute atomic E-state index is 0.0359. The van der Waals surface area contributed by atoms with Crippen molar-refractivity contribution in [3.63, 3.8) is 0 Å². The molecular weight excluding hydrogens is 334 g/mol. The highest BCUT2D eigenvalue weighted by molar-refractivity contribution is 5.89. The Morgan fingerprint density at radius 2 is 1.92 bits per heavy atom. The normalized spacial score (nSPS) is 16.3. The lowest BCUT2D eigenvalue weighted by Crippen LogP contribution is -2.30. The van der Waals surface area contributed by atoms with Gasteiger partial charge in [0.25, 0.3) is 0 Å². The number of carbonyl (C=O) groups is 2. The first kappa shape index (κ1) is 17.7. The third kappa shape index (κ3) is 4.50. The molecule has 7 heteroatoms. The molecule has 0 spiro atoms. The monoisotopic (exact) mass is 355 g/mol. The zero-order chi connectivity index (χ0) is 18.4. The zero-order valence-electron chi connectivity index (χ0n) is 14.6. The first-order valence-electron chi connectivity index (χ1n) is 8.52. The van der Waals surface area contributed by atoms with Gasteiger partial charge < -0.3 is 14.8 Å². The first-order valence-corrected chi connectivity index (χ1v) is 8.52. The highest BCUT2D eigenvalue weighted by Gasteiger charge is 2.33. The second-order valence-corrected chi connectivity index (χ2v) is 5.94. The summed E-state index contributed by atoms with van der Waals surface area (Å²) in [5, 5.41) is 2.53. The number of hydrogen-bond donors (Lipinski definition) is 1. The number of cyclic esters (lactones) is 1. The van der Waals surface area contributed by atoms with E-state index >= 15 is 0 Å². The Kier molecular flexibility index (Phi) is 5.68. The summed E-state index contributed by atoms with van der Waals surface area (Å²) in [4.78, 5) is 29.0. The molecular formula is C19H21N3O4. The number of nitrogens with zero attached hydrogens (tertiary/aromatic N) is 2. The average molecular weight is 355 g/mol. The Morgan fingerprint density at radius 1 is 1.23 bits per heavy atom. The molecule has 1 aromatic heterocycles. The van der Waals surface area contributed by atoms with Crippen molar-refractivity contribution in [2.75, 3.05) is 24.6 Å². The van der Waals surface area contributed by atoms with Crippen LogP contribution in [0.25, 0.3) is 0 Å². The molecule has 1 atom stereocenters. The molecule has 1 fully saturated rings. The molecule has 1 unspecified atom stereocenters. The number of anilines is 1. The van der Waals surface area contributed by atoms with E-state index in [-0.39, 0.29) is 6.61 Å². The van der Waals surface area contributed by atoms with E-state index in [2.05, 4.69) is 10.3 Å². The highest BCUT2D eigenvalue weighted by Crippen LogP contribution is 2.23. The van der Waals surface area contributed by atoms with Crippen LogP contribution in [0.4, 0.5) is 15.3 Å². The lowest BCUT2D eigenvalue weighted by molar-refractivity contribution is 0.0739. The fraction of sp³-hybridized carbons (Fsp3) is 0.316. The fourth-order valence-corrected chi connectivity index (χ4v) is 2.71. The van der Waals surface area contributed by atoms with Crippen LogP contribution in [0.2, 0.25) is 0 Å². The molecule has 2 heterocycles. The smallest absolute Gasteiger partial charge is 0.414 e. The summed E-state index contributed by atoms with van der Waals surface area (Å²) >= 11 is 0. The van der Waals surface area contributed by atoms with E-state index in [0.29, 0.717) is 13.1 Å². The molecule has 0 radical (unpaired) electrons. The molecule has 136 valence electrons. The number of ether oxygens (including phenoxy) is 2. The highest BCUT2D eigenvalue weighted by atomic mass is 16.6. The second-order valence-electron chi connectivity index (χ2n) is 5.94. The van der Waals surface area contributed by atoms with Gasteiger partial charge >= 0.3 is 12.2 Å². The lowest BCUT2D eigenvalue weighted by atomic mass is 10.1. The van der Waals surface area contributed by atoms with Crippen molar-refractivity contribution < 1.29 is 19.1 Å². The summed E-state index contributed by atoms with van der Waals surface area (Å²) in [6, 6.07) is 11.7. The van der Waals surface area contributed by atoms with Gasteiger partial charge in [0, 0.05) is 24.6 Å². The topological polar surface area (TPSA) is 80.8 Å². The lowest BCUT2D eigenvalue weighted by Gasteiger charge is -2.13. The molecule has 1 aliphatic rings. The number of carbonyl (C=O) groups excluding carboxylic acids is 2. The van der Waals surface area contributed by atoms with Gasteiger partial charge in [0.15, 0.2) is 6.10 Å². The Bertz CT molecular complexity index is 749. The Balaban J connectivity index is 1.57. The van der Waals surface area contributed by atoms with E-state index < -0.39 is 18.3 Å². The third-order valence-corrected chi connectivity index (χ3v) is 4.00. The van der Waals surface area contributed by atoms with E-state index in [0.717, 1.165) is 17.7 Å². The van der Waals surface area contributed by atoms with Crippen LogP contribution in [-0.2, 0) is 15.9 Å². The van der Waals surface area contributed by atoms with Gasteiger partial charge in [0.1, 0.15) is 6.61 Å². The molecule has 0 aliphatic carbocycles. The summed E-state index contributed by atoms with van der Waals surface area (Å²) in [6.07, 6.45) is 2.93. The van der Waals surface area contributed by atoms with Gasteiger partial charge in [-0.1, -0.05) is 12.1 Å². The van der Waals surface area contributed by atoms with Gasteiger partial charge in [-0.2, -0.15) is 0 Å². The van der Waals surface area contributed by atoms with Gasteiger partial charge in [0.05, 0.1) is 6.54 Å². The first-order chi connectivity index (χ1) is 12.7. The number of hydrogen-bond acceptors (Lipinski definition) is 5. The van der Waals surface area contributed by atoms with Crippen LogP contribution in [-0.4, -0.2) is 43.0 Å². The molecule has 1 N–H and O–H groups in total. The second kappa shape index (κ2) is 8.33. The van der Waals surface area contributed by atoms with Gasteiger partial charge in [-0.05, 0) is 48.7 Å².